The molecule has 0 aliphatic heterocycles. The van der Waals surface area contributed by atoms with Gasteiger partial charge in [-0.2, -0.15) is 12.6 Å². The molecule has 0 N–H and O–H groups in total. The van der Waals surface area contributed by atoms with E-state index in [4.69, 9.17) is 30.1 Å². The van der Waals surface area contributed by atoms with Crippen molar-refractivity contribution in [3.8, 4) is 12.3 Å². The number of amides is 1. The van der Waals surface area contributed by atoms with Gasteiger partial charge in [-0.05, 0) is 30.9 Å². The molecule has 232 valence electrons. The van der Waals surface area contributed by atoms with Crippen molar-refractivity contribution < 1.29 is 28.5 Å². The number of nitrogens with zero attached hydrogens (tertiary/aromatic N) is 1. The molecule has 0 aliphatic rings. The second-order valence-electron chi connectivity index (χ2n) is 10.8. The lowest BCUT2D eigenvalue weighted by atomic mass is 9.83. The molecule has 0 spiro atoms. The van der Waals surface area contributed by atoms with Crippen LogP contribution in [0.2, 0.25) is 0 Å². The van der Waals surface area contributed by atoms with Crippen LogP contribution < -0.4 is 0 Å². The second kappa shape index (κ2) is 22.1. The molecule has 1 amide bonds. The maximum absolute atomic E-state index is 12.7. The number of carbonyl (C=O) groups excluding carboxylic acids is 1. The van der Waals surface area contributed by atoms with Gasteiger partial charge in [0.05, 0.1) is 79.0 Å². The third-order valence-corrected chi connectivity index (χ3v) is 8.43. The van der Waals surface area contributed by atoms with E-state index in [1.165, 1.54) is 4.90 Å². The first-order chi connectivity index (χ1) is 19.6. The molecule has 0 radical (unpaired) electrons. The van der Waals surface area contributed by atoms with Crippen LogP contribution in [-0.2, 0) is 28.5 Å². The van der Waals surface area contributed by atoms with Crippen molar-refractivity contribution in [3.05, 3.63) is 35.9 Å². The predicted molar refractivity (Wildman–Crippen MR) is 173 cm³/mol. The predicted octanol–water partition coefficient (Wildman–Crippen LogP) is 5.48. The van der Waals surface area contributed by atoms with Crippen LogP contribution in [0, 0.1) is 17.8 Å². The van der Waals surface area contributed by atoms with E-state index in [1.54, 1.807) is 4.90 Å². The number of ether oxygens (including phenoxy) is 5. The highest BCUT2D eigenvalue weighted by Crippen LogP contribution is 2.46. The van der Waals surface area contributed by atoms with Crippen LogP contribution in [0.5, 0.6) is 0 Å². The first-order valence-electron chi connectivity index (χ1n) is 14.3. The van der Waals surface area contributed by atoms with Gasteiger partial charge in [-0.3, -0.25) is 4.79 Å². The normalized spacial score (nSPS) is 12.1. The van der Waals surface area contributed by atoms with E-state index in [2.05, 4.69) is 77.4 Å². The van der Waals surface area contributed by atoms with E-state index in [0.29, 0.717) is 78.4 Å². The summed E-state index contributed by atoms with van der Waals surface area (Å²) in [5, 5.41) is 0. The highest BCUT2D eigenvalue weighted by molar-refractivity contribution is 8.00. The van der Waals surface area contributed by atoms with Gasteiger partial charge in [0.25, 0.3) is 0 Å². The van der Waals surface area contributed by atoms with Gasteiger partial charge in [0, 0.05) is 21.9 Å². The van der Waals surface area contributed by atoms with Gasteiger partial charge in [0.15, 0.2) is 0 Å². The Balaban J connectivity index is 2.27. The van der Waals surface area contributed by atoms with E-state index in [0.717, 1.165) is 5.56 Å². The Labute approximate surface area is 258 Å². The van der Waals surface area contributed by atoms with Crippen molar-refractivity contribution in [1.82, 2.24) is 4.90 Å². The third kappa shape index (κ3) is 17.3. The van der Waals surface area contributed by atoms with Gasteiger partial charge in [-0.25, -0.2) is 0 Å². The first-order valence-corrected chi connectivity index (χ1v) is 15.7. The maximum atomic E-state index is 12.7. The van der Waals surface area contributed by atoms with Crippen molar-refractivity contribution >= 4 is 36.4 Å². The lowest BCUT2D eigenvalue weighted by molar-refractivity contribution is -0.131. The Morgan fingerprint density at radius 3 is 1.90 bits per heavy atom. The Bertz CT molecular complexity index is 910. The first kappa shape index (κ1) is 37.5. The minimum atomic E-state index is -0.0334. The summed E-state index contributed by atoms with van der Waals surface area (Å²) in [6, 6.07) is 8.35. The van der Waals surface area contributed by atoms with E-state index in [9.17, 15) is 4.79 Å². The van der Waals surface area contributed by atoms with Gasteiger partial charge in [0.2, 0.25) is 5.91 Å². The van der Waals surface area contributed by atoms with E-state index in [1.807, 2.05) is 23.9 Å². The highest BCUT2D eigenvalue weighted by Gasteiger charge is 2.34. The van der Waals surface area contributed by atoms with Gasteiger partial charge < -0.3 is 28.6 Å². The summed E-state index contributed by atoms with van der Waals surface area (Å²) in [5.41, 5.74) is 1.28. The number of thioether (sulfide) groups is 1. The summed E-state index contributed by atoms with van der Waals surface area (Å²) in [6.45, 7) is 17.0. The molecule has 1 aromatic rings. The summed E-state index contributed by atoms with van der Waals surface area (Å²) >= 11 is 5.95. The Morgan fingerprint density at radius 1 is 0.878 bits per heavy atom. The monoisotopic (exact) mass is 609 g/mol. The van der Waals surface area contributed by atoms with Crippen LogP contribution >= 0.6 is 24.4 Å². The summed E-state index contributed by atoms with van der Waals surface area (Å²) in [5.74, 6) is 3.27. The standard InChI is InChI=1S/C32H51NO6S2/c1-7-15-33(16-10-12-28-11-8-9-13-29(28)41-32(5,6)31(2,3)4)30(34)14-17-35-18-19-36-20-21-37-22-23-38-24-25-39-26-27-40/h1,8-13,40H,14-27H2,2-6H3/b12-10+. The molecule has 0 fully saturated rings. The smallest absolute Gasteiger partial charge is 0.225 e. The number of rotatable bonds is 23. The molecule has 0 heterocycles. The fourth-order valence-electron chi connectivity index (χ4n) is 3.17. The molecule has 0 saturated heterocycles. The molecule has 0 aliphatic carbocycles. The zero-order chi connectivity index (χ0) is 30.4. The summed E-state index contributed by atoms with van der Waals surface area (Å²) < 4.78 is 27.2. The molecule has 1 aromatic carbocycles. The summed E-state index contributed by atoms with van der Waals surface area (Å²) in [4.78, 5) is 15.6. The molecule has 0 atom stereocenters. The highest BCUT2D eigenvalue weighted by atomic mass is 32.2. The fourth-order valence-corrected chi connectivity index (χ4v) is 4.56. The molecular weight excluding hydrogens is 558 g/mol. The summed E-state index contributed by atoms with van der Waals surface area (Å²) in [6.07, 6.45) is 9.87. The number of carbonyl (C=O) groups is 1. The van der Waals surface area contributed by atoms with Crippen LogP contribution in [0.3, 0.4) is 0 Å². The number of hydrogen-bond acceptors (Lipinski definition) is 8. The molecule has 0 bridgehead atoms. The van der Waals surface area contributed by atoms with Crippen molar-refractivity contribution in [2.75, 3.05) is 84.9 Å². The molecular formula is C32H51NO6S2. The van der Waals surface area contributed by atoms with Gasteiger partial charge in [0.1, 0.15) is 0 Å². The van der Waals surface area contributed by atoms with E-state index < -0.39 is 0 Å². The second-order valence-corrected chi connectivity index (χ2v) is 12.9. The van der Waals surface area contributed by atoms with Gasteiger partial charge in [-0.15, -0.1) is 18.2 Å². The SMILES string of the molecule is C#CCN(C/C=C/c1ccccc1SC(C)(C)C(C)(C)C)C(=O)CCOCCOCCOCCOCCOCCS. The largest absolute Gasteiger partial charge is 0.379 e. The molecule has 0 aromatic heterocycles. The number of hydrogen-bond donors (Lipinski definition) is 1. The molecule has 7 nitrogen and oxygen atoms in total. The van der Waals surface area contributed by atoms with Crippen LogP contribution in [0.4, 0.5) is 0 Å². The lowest BCUT2D eigenvalue weighted by Crippen LogP contribution is -2.33. The van der Waals surface area contributed by atoms with Gasteiger partial charge in [-0.1, -0.05) is 57.0 Å². The third-order valence-electron chi connectivity index (χ3n) is 6.53. The van der Waals surface area contributed by atoms with Crippen LogP contribution in [-0.4, -0.2) is 100 Å². The van der Waals surface area contributed by atoms with Crippen LogP contribution in [0.15, 0.2) is 35.2 Å². The van der Waals surface area contributed by atoms with Crippen molar-refractivity contribution in [3.63, 3.8) is 0 Å². The Kier molecular flexibility index (Phi) is 20.2. The average molecular weight is 610 g/mol. The maximum Gasteiger partial charge on any atom is 0.225 e. The molecule has 0 unspecified atom stereocenters. The molecule has 1 rings (SSSR count). The quantitative estimate of drug-likeness (QED) is 0.0763. The van der Waals surface area contributed by atoms with E-state index in [-0.39, 0.29) is 29.0 Å². The topological polar surface area (TPSA) is 66.5 Å². The zero-order valence-corrected chi connectivity index (χ0v) is 27.4. The zero-order valence-electron chi connectivity index (χ0n) is 25.7. The number of thiol groups is 1. The molecule has 0 saturated carbocycles. The van der Waals surface area contributed by atoms with Crippen molar-refractivity contribution in [2.45, 2.75) is 50.7 Å². The number of terminal acetylenes is 1. The van der Waals surface area contributed by atoms with Crippen LogP contribution in [0.25, 0.3) is 6.08 Å². The van der Waals surface area contributed by atoms with Crippen molar-refractivity contribution in [2.24, 2.45) is 5.41 Å². The molecule has 9 heteroatoms. The summed E-state index contributed by atoms with van der Waals surface area (Å²) in [7, 11) is 0. The molecule has 41 heavy (non-hydrogen) atoms. The fraction of sp³-hybridized carbons (Fsp3) is 0.656. The minimum absolute atomic E-state index is 0.0334. The number of benzene rings is 1. The minimum Gasteiger partial charge on any atom is -0.379 e. The lowest BCUT2D eigenvalue weighted by Gasteiger charge is -2.38. The van der Waals surface area contributed by atoms with Crippen LogP contribution in [0.1, 0.15) is 46.6 Å². The van der Waals surface area contributed by atoms with Gasteiger partial charge >= 0.3 is 0 Å². The average Bonchev–Trinajstić information content (AvgIpc) is 2.92. The Hall–Kier alpha value is -1.51. The van der Waals surface area contributed by atoms with E-state index >= 15 is 0 Å². The van der Waals surface area contributed by atoms with Crippen molar-refractivity contribution in [1.29, 1.82) is 0 Å². The Morgan fingerprint density at radius 2 is 1.39 bits per heavy atom.